The van der Waals surface area contributed by atoms with Gasteiger partial charge in [0, 0.05) is 27.7 Å². The molecule has 1 aliphatic heterocycles. The fourth-order valence-corrected chi connectivity index (χ4v) is 2.83. The summed E-state index contributed by atoms with van der Waals surface area (Å²) >= 11 is 0. The summed E-state index contributed by atoms with van der Waals surface area (Å²) in [4.78, 5) is 15.7. The lowest BCUT2D eigenvalue weighted by molar-refractivity contribution is 0.0957. The molecule has 2 aromatic heterocycles. The van der Waals surface area contributed by atoms with E-state index >= 15 is 0 Å². The molecule has 1 saturated heterocycles. The highest BCUT2D eigenvalue weighted by molar-refractivity contribution is 5.91. The number of anilines is 2. The molecule has 8 heteroatoms. The molecular weight excluding hydrogens is 306 g/mol. The van der Waals surface area contributed by atoms with E-state index < -0.39 is 0 Å². The van der Waals surface area contributed by atoms with Crippen LogP contribution in [-0.2, 0) is 0 Å². The molecule has 0 saturated carbocycles. The maximum absolute atomic E-state index is 11.6. The van der Waals surface area contributed by atoms with Crippen molar-refractivity contribution in [2.24, 2.45) is 0 Å². The number of hydrogen-bond acceptors (Lipinski definition) is 7. The van der Waals surface area contributed by atoms with Crippen LogP contribution < -0.4 is 15.1 Å². The van der Waals surface area contributed by atoms with Crippen LogP contribution >= 0.6 is 0 Å². The zero-order valence-corrected chi connectivity index (χ0v) is 14.1. The Morgan fingerprint density at radius 1 is 1.17 bits per heavy atom. The Morgan fingerprint density at radius 3 is 2.58 bits per heavy atom. The highest BCUT2D eigenvalue weighted by atomic mass is 16.1. The smallest absolute Gasteiger partial charge is 0.271 e. The van der Waals surface area contributed by atoms with Crippen LogP contribution in [0.1, 0.15) is 35.1 Å². The van der Waals surface area contributed by atoms with E-state index in [1.807, 2.05) is 37.2 Å². The Hall–Kier alpha value is -2.77. The van der Waals surface area contributed by atoms with Crippen LogP contribution in [0.25, 0.3) is 0 Å². The van der Waals surface area contributed by atoms with Crippen LogP contribution in [0.5, 0.6) is 0 Å². The van der Waals surface area contributed by atoms with Gasteiger partial charge in [0.25, 0.3) is 5.91 Å². The maximum Gasteiger partial charge on any atom is 0.271 e. The number of amides is 1. The van der Waals surface area contributed by atoms with E-state index in [1.165, 1.54) is 0 Å². The minimum absolute atomic E-state index is 0.133. The van der Waals surface area contributed by atoms with Crippen molar-refractivity contribution < 1.29 is 4.79 Å². The van der Waals surface area contributed by atoms with E-state index in [0.29, 0.717) is 5.69 Å². The molecule has 1 N–H and O–H groups in total. The van der Waals surface area contributed by atoms with Gasteiger partial charge in [-0.2, -0.15) is 5.10 Å². The highest BCUT2D eigenvalue weighted by Crippen LogP contribution is 2.34. The van der Waals surface area contributed by atoms with Crippen molar-refractivity contribution in [3.05, 3.63) is 35.7 Å². The van der Waals surface area contributed by atoms with Gasteiger partial charge in [-0.05, 0) is 37.1 Å². The fraction of sp³-hybridized carbons (Fsp3) is 0.438. The number of carbonyl (C=O) groups is 1. The number of aromatic nitrogens is 4. The predicted molar refractivity (Wildman–Crippen MR) is 91.1 cm³/mol. The summed E-state index contributed by atoms with van der Waals surface area (Å²) in [5, 5.41) is 19.4. The van der Waals surface area contributed by atoms with Crippen molar-refractivity contribution in [2.45, 2.75) is 18.9 Å². The summed E-state index contributed by atoms with van der Waals surface area (Å²) in [6.45, 7) is 0.885. The van der Waals surface area contributed by atoms with Crippen LogP contribution in [0.4, 0.5) is 11.6 Å². The first-order valence-corrected chi connectivity index (χ1v) is 7.93. The van der Waals surface area contributed by atoms with Crippen molar-refractivity contribution in [1.82, 2.24) is 25.7 Å². The van der Waals surface area contributed by atoms with Crippen LogP contribution in [0.15, 0.2) is 24.3 Å². The maximum atomic E-state index is 11.6. The van der Waals surface area contributed by atoms with E-state index in [0.717, 1.165) is 36.7 Å². The van der Waals surface area contributed by atoms with Crippen LogP contribution in [0.2, 0.25) is 0 Å². The SMILES string of the molecule is CNC(=O)c1ccc(N2CCCC2c2ccc(N(C)C)nn2)nn1. The molecule has 1 atom stereocenters. The molecule has 0 aromatic carbocycles. The normalized spacial score (nSPS) is 17.0. The molecule has 126 valence electrons. The third-order valence-corrected chi connectivity index (χ3v) is 4.13. The highest BCUT2D eigenvalue weighted by Gasteiger charge is 2.29. The van der Waals surface area contributed by atoms with E-state index in [2.05, 4.69) is 30.6 Å². The molecule has 1 unspecified atom stereocenters. The zero-order chi connectivity index (χ0) is 17.1. The van der Waals surface area contributed by atoms with Gasteiger partial charge in [-0.25, -0.2) is 0 Å². The number of rotatable bonds is 4. The summed E-state index contributed by atoms with van der Waals surface area (Å²) in [6, 6.07) is 7.64. The molecule has 0 radical (unpaired) electrons. The van der Waals surface area contributed by atoms with Gasteiger partial charge in [-0.3, -0.25) is 4.79 Å². The zero-order valence-electron chi connectivity index (χ0n) is 14.1. The second kappa shape index (κ2) is 6.77. The van der Waals surface area contributed by atoms with E-state index in [-0.39, 0.29) is 11.9 Å². The van der Waals surface area contributed by atoms with Crippen molar-refractivity contribution in [3.8, 4) is 0 Å². The number of nitrogens with zero attached hydrogens (tertiary/aromatic N) is 6. The molecule has 1 amide bonds. The van der Waals surface area contributed by atoms with Gasteiger partial charge in [-0.15, -0.1) is 15.3 Å². The lowest BCUT2D eigenvalue weighted by Crippen LogP contribution is -2.26. The lowest BCUT2D eigenvalue weighted by Gasteiger charge is -2.24. The number of nitrogens with one attached hydrogen (secondary N) is 1. The Bertz CT molecular complexity index is 699. The van der Waals surface area contributed by atoms with Crippen molar-refractivity contribution in [1.29, 1.82) is 0 Å². The second-order valence-corrected chi connectivity index (χ2v) is 5.92. The average molecular weight is 327 g/mol. The molecule has 8 nitrogen and oxygen atoms in total. The minimum Gasteiger partial charge on any atom is -0.361 e. The molecule has 3 heterocycles. The Morgan fingerprint density at radius 2 is 2.00 bits per heavy atom. The summed E-state index contributed by atoms with van der Waals surface area (Å²) in [5.41, 5.74) is 1.24. The predicted octanol–water partition coefficient (Wildman–Crippen LogP) is 1.03. The first-order valence-electron chi connectivity index (χ1n) is 7.93. The summed E-state index contributed by atoms with van der Waals surface area (Å²) < 4.78 is 0. The quantitative estimate of drug-likeness (QED) is 0.897. The minimum atomic E-state index is -0.239. The fourth-order valence-electron chi connectivity index (χ4n) is 2.83. The molecule has 0 bridgehead atoms. The first kappa shape index (κ1) is 16.1. The van der Waals surface area contributed by atoms with Gasteiger partial charge < -0.3 is 15.1 Å². The molecule has 1 aliphatic rings. The van der Waals surface area contributed by atoms with E-state index in [1.54, 1.807) is 13.1 Å². The van der Waals surface area contributed by atoms with Gasteiger partial charge in [0.15, 0.2) is 17.3 Å². The Balaban J connectivity index is 1.81. The van der Waals surface area contributed by atoms with Gasteiger partial charge in [0.2, 0.25) is 0 Å². The summed E-state index contributed by atoms with van der Waals surface area (Å²) in [5.74, 6) is 1.35. The molecule has 24 heavy (non-hydrogen) atoms. The Kier molecular flexibility index (Phi) is 4.54. The molecule has 1 fully saturated rings. The van der Waals surface area contributed by atoms with Crippen LogP contribution in [0, 0.1) is 0 Å². The van der Waals surface area contributed by atoms with Gasteiger partial charge in [0.05, 0.1) is 11.7 Å². The third-order valence-electron chi connectivity index (χ3n) is 4.13. The second-order valence-electron chi connectivity index (χ2n) is 5.92. The average Bonchev–Trinajstić information content (AvgIpc) is 3.11. The van der Waals surface area contributed by atoms with E-state index in [9.17, 15) is 4.79 Å². The third kappa shape index (κ3) is 3.12. The molecule has 3 rings (SSSR count). The van der Waals surface area contributed by atoms with Crippen LogP contribution in [0.3, 0.4) is 0 Å². The van der Waals surface area contributed by atoms with Crippen molar-refractivity contribution >= 4 is 17.5 Å². The topological polar surface area (TPSA) is 87.1 Å². The number of hydrogen-bond donors (Lipinski definition) is 1. The molecular formula is C16H21N7O. The largest absolute Gasteiger partial charge is 0.361 e. The summed E-state index contributed by atoms with van der Waals surface area (Å²) in [7, 11) is 5.45. The van der Waals surface area contributed by atoms with Gasteiger partial charge >= 0.3 is 0 Å². The number of carbonyl (C=O) groups excluding carboxylic acids is 1. The lowest BCUT2D eigenvalue weighted by atomic mass is 10.1. The summed E-state index contributed by atoms with van der Waals surface area (Å²) in [6.07, 6.45) is 2.05. The Labute approximate surface area is 140 Å². The molecule has 0 spiro atoms. The molecule has 0 aliphatic carbocycles. The van der Waals surface area contributed by atoms with Crippen molar-refractivity contribution in [3.63, 3.8) is 0 Å². The molecule has 2 aromatic rings. The first-order chi connectivity index (χ1) is 11.6. The van der Waals surface area contributed by atoms with E-state index in [4.69, 9.17) is 0 Å². The standard InChI is InChI=1S/C16H21N7O/c1-17-16(24)12-7-9-15(21-19-12)23-10-4-5-13(23)11-6-8-14(20-18-11)22(2)3/h6-9,13H,4-5,10H2,1-3H3,(H,17,24). The van der Waals surface area contributed by atoms with Crippen molar-refractivity contribution in [2.75, 3.05) is 37.5 Å². The van der Waals surface area contributed by atoms with Gasteiger partial charge in [0.1, 0.15) is 0 Å². The van der Waals surface area contributed by atoms with Crippen LogP contribution in [-0.4, -0.2) is 54.0 Å². The monoisotopic (exact) mass is 327 g/mol. The van der Waals surface area contributed by atoms with Gasteiger partial charge in [-0.1, -0.05) is 0 Å².